The predicted octanol–water partition coefficient (Wildman–Crippen LogP) is 6.13. The zero-order chi connectivity index (χ0) is 24.2. The molecule has 0 aliphatic heterocycles. The predicted molar refractivity (Wildman–Crippen MR) is 140 cm³/mol. The van der Waals surface area contributed by atoms with Crippen LogP contribution in [0.4, 0.5) is 5.69 Å². The van der Waals surface area contributed by atoms with Crippen LogP contribution >= 0.6 is 11.8 Å². The fourth-order valence-electron chi connectivity index (χ4n) is 4.09. The number of hydrogen-bond acceptors (Lipinski definition) is 4. The number of carbonyl (C=O) groups is 1. The second kappa shape index (κ2) is 10.3. The number of amides is 1. The van der Waals surface area contributed by atoms with Crippen molar-refractivity contribution >= 4 is 23.4 Å². The average molecular weight is 471 g/mol. The van der Waals surface area contributed by atoms with Gasteiger partial charge in [-0.25, -0.2) is 0 Å². The van der Waals surface area contributed by atoms with Crippen LogP contribution in [0.15, 0.2) is 65.8 Å². The summed E-state index contributed by atoms with van der Waals surface area (Å²) in [6.07, 6.45) is 0.662. The van der Waals surface area contributed by atoms with Crippen molar-refractivity contribution in [2.75, 3.05) is 11.1 Å². The minimum Gasteiger partial charge on any atom is -0.325 e. The molecule has 1 amide bonds. The summed E-state index contributed by atoms with van der Waals surface area (Å²) in [6, 6.07) is 20.8. The van der Waals surface area contributed by atoms with Gasteiger partial charge in [0.1, 0.15) is 5.82 Å². The van der Waals surface area contributed by atoms with Crippen molar-refractivity contribution in [2.24, 2.45) is 0 Å². The maximum atomic E-state index is 12.8. The highest BCUT2D eigenvalue weighted by atomic mass is 32.2. The van der Waals surface area contributed by atoms with E-state index in [2.05, 4.69) is 83.3 Å². The molecular weight excluding hydrogens is 440 g/mol. The molecule has 1 heterocycles. The smallest absolute Gasteiger partial charge is 0.234 e. The lowest BCUT2D eigenvalue weighted by molar-refractivity contribution is -0.113. The van der Waals surface area contributed by atoms with Gasteiger partial charge in [-0.2, -0.15) is 0 Å². The number of aromatic nitrogens is 3. The van der Waals surface area contributed by atoms with Gasteiger partial charge in [0.2, 0.25) is 5.91 Å². The molecule has 0 radical (unpaired) electrons. The highest BCUT2D eigenvalue weighted by molar-refractivity contribution is 7.99. The SMILES string of the molecule is Cc1cc(C)c(NC(=O)CSc2nnc(Cc3ccccc3)n2-c2ccc(C)c(C)c2)c(C)c1. The third-order valence-electron chi connectivity index (χ3n) is 5.93. The molecule has 4 aromatic rings. The monoisotopic (exact) mass is 470 g/mol. The Morgan fingerprint density at radius 2 is 1.56 bits per heavy atom. The molecule has 4 rings (SSSR count). The van der Waals surface area contributed by atoms with Gasteiger partial charge in [0.15, 0.2) is 5.16 Å². The Morgan fingerprint density at radius 1 is 0.853 bits per heavy atom. The molecule has 0 saturated carbocycles. The molecule has 0 fully saturated rings. The van der Waals surface area contributed by atoms with E-state index in [4.69, 9.17) is 0 Å². The lowest BCUT2D eigenvalue weighted by Gasteiger charge is -2.14. The minimum atomic E-state index is -0.0562. The molecule has 34 heavy (non-hydrogen) atoms. The normalized spacial score (nSPS) is 11.0. The van der Waals surface area contributed by atoms with Crippen LogP contribution in [0.1, 0.15) is 39.2 Å². The van der Waals surface area contributed by atoms with Crippen LogP contribution in [0.3, 0.4) is 0 Å². The summed E-state index contributed by atoms with van der Waals surface area (Å²) in [5.41, 5.74) is 8.83. The molecule has 0 aliphatic carbocycles. The van der Waals surface area contributed by atoms with Gasteiger partial charge < -0.3 is 5.32 Å². The molecule has 0 atom stereocenters. The van der Waals surface area contributed by atoms with Crippen molar-refractivity contribution in [2.45, 2.75) is 46.2 Å². The molecule has 0 unspecified atom stereocenters. The first-order valence-electron chi connectivity index (χ1n) is 11.4. The van der Waals surface area contributed by atoms with Crippen molar-refractivity contribution in [3.05, 3.63) is 99.9 Å². The molecule has 0 saturated heterocycles. The Morgan fingerprint density at radius 3 is 2.24 bits per heavy atom. The number of benzene rings is 3. The molecule has 0 bridgehead atoms. The van der Waals surface area contributed by atoms with Crippen LogP contribution in [0.5, 0.6) is 0 Å². The summed E-state index contributed by atoms with van der Waals surface area (Å²) in [5, 5.41) is 12.8. The van der Waals surface area contributed by atoms with E-state index in [0.717, 1.165) is 28.3 Å². The lowest BCUT2D eigenvalue weighted by atomic mass is 10.1. The van der Waals surface area contributed by atoms with Crippen molar-refractivity contribution in [1.29, 1.82) is 0 Å². The van der Waals surface area contributed by atoms with Gasteiger partial charge in [-0.1, -0.05) is 65.9 Å². The van der Waals surface area contributed by atoms with E-state index in [1.165, 1.54) is 34.0 Å². The van der Waals surface area contributed by atoms with Gasteiger partial charge in [-0.15, -0.1) is 10.2 Å². The van der Waals surface area contributed by atoms with Crippen LogP contribution < -0.4 is 5.32 Å². The van der Waals surface area contributed by atoms with Gasteiger partial charge in [-0.05, 0) is 74.6 Å². The Bertz CT molecular complexity index is 1300. The topological polar surface area (TPSA) is 59.8 Å². The number of thioether (sulfide) groups is 1. The van der Waals surface area contributed by atoms with E-state index in [1.54, 1.807) is 0 Å². The summed E-state index contributed by atoms with van der Waals surface area (Å²) >= 11 is 1.40. The number of aryl methyl sites for hydroxylation is 5. The third kappa shape index (κ3) is 5.39. The van der Waals surface area contributed by atoms with Gasteiger partial charge >= 0.3 is 0 Å². The molecular formula is C28H30N4OS. The first-order valence-corrected chi connectivity index (χ1v) is 12.4. The van der Waals surface area contributed by atoms with Gasteiger partial charge in [-0.3, -0.25) is 9.36 Å². The van der Waals surface area contributed by atoms with E-state index in [0.29, 0.717) is 11.6 Å². The fraction of sp³-hybridized carbons (Fsp3) is 0.250. The standard InChI is InChI=1S/C28H30N4OS/c1-18-13-21(4)27(22(5)14-18)29-26(33)17-34-28-31-30-25(16-23-9-7-6-8-10-23)32(28)24-12-11-19(2)20(3)15-24/h6-15H,16-17H2,1-5H3,(H,29,33). The maximum absolute atomic E-state index is 12.8. The number of hydrogen-bond donors (Lipinski definition) is 1. The molecule has 5 nitrogen and oxygen atoms in total. The molecule has 3 aromatic carbocycles. The van der Waals surface area contributed by atoms with Crippen molar-refractivity contribution in [3.63, 3.8) is 0 Å². The Hall–Kier alpha value is -3.38. The second-order valence-electron chi connectivity index (χ2n) is 8.78. The first kappa shape index (κ1) is 23.8. The van der Waals surface area contributed by atoms with Gasteiger partial charge in [0.25, 0.3) is 0 Å². The third-order valence-corrected chi connectivity index (χ3v) is 6.86. The van der Waals surface area contributed by atoms with Gasteiger partial charge in [0.05, 0.1) is 5.75 Å². The van der Waals surface area contributed by atoms with E-state index in [9.17, 15) is 4.79 Å². The quantitative estimate of drug-likeness (QED) is 0.330. The zero-order valence-corrected chi connectivity index (χ0v) is 21.2. The Kier molecular flexibility index (Phi) is 7.17. The van der Waals surface area contributed by atoms with Crippen LogP contribution in [0, 0.1) is 34.6 Å². The minimum absolute atomic E-state index is 0.0562. The number of rotatable bonds is 7. The van der Waals surface area contributed by atoms with Crippen LogP contribution in [0.2, 0.25) is 0 Å². The van der Waals surface area contributed by atoms with Crippen LogP contribution in [-0.2, 0) is 11.2 Å². The summed E-state index contributed by atoms with van der Waals surface area (Å²) in [6.45, 7) is 10.3. The first-order chi connectivity index (χ1) is 16.3. The summed E-state index contributed by atoms with van der Waals surface area (Å²) < 4.78 is 2.07. The molecule has 0 aliphatic rings. The highest BCUT2D eigenvalue weighted by Gasteiger charge is 2.17. The average Bonchev–Trinajstić information content (AvgIpc) is 3.19. The fourth-order valence-corrected chi connectivity index (χ4v) is 4.86. The largest absolute Gasteiger partial charge is 0.325 e. The van der Waals surface area contributed by atoms with E-state index < -0.39 is 0 Å². The molecule has 6 heteroatoms. The highest BCUT2D eigenvalue weighted by Crippen LogP contribution is 2.26. The summed E-state index contributed by atoms with van der Waals surface area (Å²) in [4.78, 5) is 12.8. The Labute approximate surface area is 205 Å². The van der Waals surface area contributed by atoms with Crippen LogP contribution in [0.25, 0.3) is 5.69 Å². The van der Waals surface area contributed by atoms with Crippen molar-refractivity contribution in [1.82, 2.24) is 14.8 Å². The molecule has 0 spiro atoms. The lowest BCUT2D eigenvalue weighted by Crippen LogP contribution is -2.16. The van der Waals surface area contributed by atoms with Crippen molar-refractivity contribution < 1.29 is 4.79 Å². The second-order valence-corrected chi connectivity index (χ2v) is 9.72. The van der Waals surface area contributed by atoms with Crippen LogP contribution in [-0.4, -0.2) is 26.4 Å². The van der Waals surface area contributed by atoms with E-state index >= 15 is 0 Å². The number of nitrogens with one attached hydrogen (secondary N) is 1. The molecule has 1 aromatic heterocycles. The van der Waals surface area contributed by atoms with E-state index in [-0.39, 0.29) is 11.7 Å². The maximum Gasteiger partial charge on any atom is 0.234 e. The number of nitrogens with zero attached hydrogens (tertiary/aromatic N) is 3. The molecule has 174 valence electrons. The summed E-state index contributed by atoms with van der Waals surface area (Å²) in [5.74, 6) is 1.04. The van der Waals surface area contributed by atoms with E-state index in [1.807, 2.05) is 32.0 Å². The number of carbonyl (C=O) groups excluding carboxylic acids is 1. The molecule has 1 N–H and O–H groups in total. The Balaban J connectivity index is 1.59. The van der Waals surface area contributed by atoms with Gasteiger partial charge in [0, 0.05) is 17.8 Å². The number of anilines is 1. The zero-order valence-electron chi connectivity index (χ0n) is 20.3. The van der Waals surface area contributed by atoms with Crippen molar-refractivity contribution in [3.8, 4) is 5.69 Å². The summed E-state index contributed by atoms with van der Waals surface area (Å²) in [7, 11) is 0.